The van der Waals surface area contributed by atoms with E-state index in [0.29, 0.717) is 27.6 Å². The van der Waals surface area contributed by atoms with Gasteiger partial charge in [0.25, 0.3) is 11.4 Å². The van der Waals surface area contributed by atoms with Gasteiger partial charge in [-0.2, -0.15) is 5.26 Å². The van der Waals surface area contributed by atoms with Crippen LogP contribution in [-0.4, -0.2) is 29.4 Å². The summed E-state index contributed by atoms with van der Waals surface area (Å²) in [5.41, 5.74) is 3.47. The van der Waals surface area contributed by atoms with Gasteiger partial charge in [0.15, 0.2) is 11.0 Å². The Morgan fingerprint density at radius 1 is 0.875 bits per heavy atom. The number of fused-ring (bicyclic) bond motifs is 2. The average Bonchev–Trinajstić information content (AvgIpc) is 3.46. The quantitative estimate of drug-likeness (QED) is 0.332. The number of nitrogens with zero attached hydrogens (tertiary/aromatic N) is 6. The molecular formula is C21H13N7O4. The van der Waals surface area contributed by atoms with Crippen molar-refractivity contribution in [1.82, 2.24) is 19.5 Å². The predicted octanol–water partition coefficient (Wildman–Crippen LogP) is 4.28. The lowest BCUT2D eigenvalue weighted by atomic mass is 10.2. The fourth-order valence-electron chi connectivity index (χ4n) is 3.17. The fourth-order valence-corrected chi connectivity index (χ4v) is 3.17. The van der Waals surface area contributed by atoms with Crippen molar-refractivity contribution in [2.24, 2.45) is 0 Å². The summed E-state index contributed by atoms with van der Waals surface area (Å²) in [6.45, 7) is 0. The van der Waals surface area contributed by atoms with Gasteiger partial charge in [-0.3, -0.25) is 24.8 Å². The molecule has 0 unspecified atom stereocenters. The van der Waals surface area contributed by atoms with Gasteiger partial charge in [-0.25, -0.2) is 9.97 Å². The molecule has 0 aliphatic carbocycles. The third-order valence-corrected chi connectivity index (χ3v) is 4.65. The van der Waals surface area contributed by atoms with Crippen LogP contribution in [-0.2, 0) is 0 Å². The monoisotopic (exact) mass is 427 g/mol. The highest BCUT2D eigenvalue weighted by Crippen LogP contribution is 2.26. The first-order valence-electron chi connectivity index (χ1n) is 9.17. The number of para-hydroxylation sites is 2. The molecule has 156 valence electrons. The predicted molar refractivity (Wildman–Crippen MR) is 115 cm³/mol. The number of H-pyrrole nitrogens is 1. The second kappa shape index (κ2) is 8.33. The lowest BCUT2D eigenvalue weighted by Crippen LogP contribution is -1.93. The molecule has 0 atom stereocenters. The SMILES string of the molecule is N#Cc1ccc(-n2cnc3c([N+](=O)[O-])cccc32)cc1.O=[N+]([O-])c1cccc2[nH]cnc12. The molecule has 0 saturated carbocycles. The third kappa shape index (κ3) is 3.71. The second-order valence-corrected chi connectivity index (χ2v) is 6.51. The molecule has 1 N–H and O–H groups in total. The van der Waals surface area contributed by atoms with E-state index in [1.807, 2.05) is 6.07 Å². The number of aromatic amines is 1. The molecule has 0 amide bonds. The maximum atomic E-state index is 11.0. The molecule has 5 aromatic rings. The summed E-state index contributed by atoms with van der Waals surface area (Å²) in [4.78, 5) is 31.3. The summed E-state index contributed by atoms with van der Waals surface area (Å²) in [6, 6.07) is 18.6. The van der Waals surface area contributed by atoms with Crippen LogP contribution in [0.4, 0.5) is 11.4 Å². The minimum absolute atomic E-state index is 0.0186. The van der Waals surface area contributed by atoms with E-state index < -0.39 is 9.85 Å². The van der Waals surface area contributed by atoms with Crippen LogP contribution < -0.4 is 0 Å². The third-order valence-electron chi connectivity index (χ3n) is 4.65. The highest BCUT2D eigenvalue weighted by molar-refractivity contribution is 5.86. The molecule has 5 rings (SSSR count). The molecule has 0 saturated heterocycles. The van der Waals surface area contributed by atoms with Gasteiger partial charge in [0.1, 0.15) is 6.33 Å². The smallest absolute Gasteiger partial charge is 0.297 e. The largest absolute Gasteiger partial charge is 0.344 e. The van der Waals surface area contributed by atoms with Crippen LogP contribution in [0.25, 0.3) is 27.8 Å². The van der Waals surface area contributed by atoms with Gasteiger partial charge in [0.2, 0.25) is 0 Å². The molecule has 0 aliphatic heterocycles. The first-order valence-corrected chi connectivity index (χ1v) is 9.17. The second-order valence-electron chi connectivity index (χ2n) is 6.51. The molecule has 0 radical (unpaired) electrons. The van der Waals surface area contributed by atoms with E-state index >= 15 is 0 Å². The Morgan fingerprint density at radius 2 is 1.53 bits per heavy atom. The number of non-ortho nitro benzene ring substituents is 2. The van der Waals surface area contributed by atoms with E-state index in [4.69, 9.17) is 5.26 Å². The van der Waals surface area contributed by atoms with Gasteiger partial charge in [0, 0.05) is 17.8 Å². The number of rotatable bonds is 3. The zero-order valence-electron chi connectivity index (χ0n) is 16.2. The minimum atomic E-state index is -0.446. The van der Waals surface area contributed by atoms with Crippen molar-refractivity contribution in [3.05, 3.63) is 99.1 Å². The number of nitro benzene ring substituents is 2. The number of aromatic nitrogens is 4. The van der Waals surface area contributed by atoms with Gasteiger partial charge < -0.3 is 4.98 Å². The molecule has 0 spiro atoms. The first kappa shape index (κ1) is 20.2. The highest BCUT2D eigenvalue weighted by atomic mass is 16.6. The minimum Gasteiger partial charge on any atom is -0.344 e. The molecule has 32 heavy (non-hydrogen) atoms. The molecule has 3 aromatic carbocycles. The van der Waals surface area contributed by atoms with Gasteiger partial charge in [-0.1, -0.05) is 12.1 Å². The maximum Gasteiger partial charge on any atom is 0.297 e. The molecule has 0 fully saturated rings. The Kier molecular flexibility index (Phi) is 5.25. The van der Waals surface area contributed by atoms with Crippen LogP contribution in [0.5, 0.6) is 0 Å². The number of hydrogen-bond acceptors (Lipinski definition) is 7. The Balaban J connectivity index is 0.000000174. The van der Waals surface area contributed by atoms with Crippen LogP contribution in [0.1, 0.15) is 5.56 Å². The number of nitrogens with one attached hydrogen (secondary N) is 1. The lowest BCUT2D eigenvalue weighted by molar-refractivity contribution is -0.383. The standard InChI is InChI=1S/C14H8N4O2.C7H5N3O2/c15-8-10-4-6-11(7-5-10)17-9-16-14-12(17)2-1-3-13(14)18(19)20;11-10(12)6-3-1-2-5-7(6)9-4-8-5/h1-7,9H;1-4H,(H,8,9). The van der Waals surface area contributed by atoms with Crippen molar-refractivity contribution >= 4 is 33.4 Å². The van der Waals surface area contributed by atoms with E-state index in [9.17, 15) is 20.2 Å². The van der Waals surface area contributed by atoms with Crippen LogP contribution in [0.15, 0.2) is 73.3 Å². The number of nitro groups is 2. The molecule has 2 heterocycles. The molecule has 11 nitrogen and oxygen atoms in total. The van der Waals surface area contributed by atoms with Crippen molar-refractivity contribution in [3.63, 3.8) is 0 Å². The van der Waals surface area contributed by atoms with Gasteiger partial charge in [-0.05, 0) is 36.4 Å². The lowest BCUT2D eigenvalue weighted by Gasteiger charge is -2.03. The van der Waals surface area contributed by atoms with E-state index in [0.717, 1.165) is 5.69 Å². The molecule has 0 bridgehead atoms. The molecular weight excluding hydrogens is 414 g/mol. The number of nitriles is 1. The Bertz CT molecular complexity index is 1500. The summed E-state index contributed by atoms with van der Waals surface area (Å²) in [5.74, 6) is 0. The van der Waals surface area contributed by atoms with Gasteiger partial charge in [0.05, 0.1) is 38.8 Å². The van der Waals surface area contributed by atoms with Crippen molar-refractivity contribution < 1.29 is 9.85 Å². The van der Waals surface area contributed by atoms with Crippen molar-refractivity contribution in [2.45, 2.75) is 0 Å². The molecule has 0 aliphatic rings. The Morgan fingerprint density at radius 3 is 2.19 bits per heavy atom. The highest BCUT2D eigenvalue weighted by Gasteiger charge is 2.16. The number of hydrogen-bond donors (Lipinski definition) is 1. The average molecular weight is 427 g/mol. The van der Waals surface area contributed by atoms with Crippen molar-refractivity contribution in [1.29, 1.82) is 5.26 Å². The summed E-state index contributed by atoms with van der Waals surface area (Å²) in [6.07, 6.45) is 2.98. The number of benzene rings is 3. The van der Waals surface area contributed by atoms with E-state index in [-0.39, 0.29) is 11.4 Å². The Labute approximate surface area is 179 Å². The van der Waals surface area contributed by atoms with Crippen LogP contribution in [0, 0.1) is 31.6 Å². The summed E-state index contributed by atoms with van der Waals surface area (Å²) >= 11 is 0. The van der Waals surface area contributed by atoms with Crippen molar-refractivity contribution in [2.75, 3.05) is 0 Å². The topological polar surface area (TPSA) is 157 Å². The fraction of sp³-hybridized carbons (Fsp3) is 0. The zero-order chi connectivity index (χ0) is 22.7. The van der Waals surface area contributed by atoms with Crippen LogP contribution in [0.2, 0.25) is 0 Å². The zero-order valence-corrected chi connectivity index (χ0v) is 16.2. The number of imidazole rings is 2. The van der Waals surface area contributed by atoms with Crippen LogP contribution in [0.3, 0.4) is 0 Å². The normalized spacial score (nSPS) is 10.3. The summed E-state index contributed by atoms with van der Waals surface area (Å²) in [7, 11) is 0. The molecule has 2 aromatic heterocycles. The van der Waals surface area contributed by atoms with E-state index in [1.165, 1.54) is 18.5 Å². The van der Waals surface area contributed by atoms with E-state index in [2.05, 4.69) is 15.0 Å². The van der Waals surface area contributed by atoms with Crippen molar-refractivity contribution in [3.8, 4) is 11.8 Å². The Hall–Kier alpha value is -5.11. The molecule has 11 heteroatoms. The van der Waals surface area contributed by atoms with Gasteiger partial charge in [-0.15, -0.1) is 0 Å². The summed E-state index contributed by atoms with van der Waals surface area (Å²) < 4.78 is 1.75. The van der Waals surface area contributed by atoms with Gasteiger partial charge >= 0.3 is 0 Å². The summed E-state index contributed by atoms with van der Waals surface area (Å²) in [5, 5.41) is 30.2. The maximum absolute atomic E-state index is 11.0. The van der Waals surface area contributed by atoms with Crippen LogP contribution >= 0.6 is 0 Å². The van der Waals surface area contributed by atoms with E-state index in [1.54, 1.807) is 59.4 Å². The first-order chi connectivity index (χ1) is 15.5.